The lowest BCUT2D eigenvalue weighted by Gasteiger charge is -2.24. The maximum Gasteiger partial charge on any atom is 0.325 e. The van der Waals surface area contributed by atoms with Crippen molar-refractivity contribution in [2.45, 2.75) is 51.3 Å². The van der Waals surface area contributed by atoms with Crippen LogP contribution in [0.1, 0.15) is 33.1 Å². The minimum Gasteiger partial charge on any atom is -0.468 e. The molecule has 2 unspecified atom stereocenters. The number of carbonyl (C=O) groups is 1. The first-order valence-electron chi connectivity index (χ1n) is 6.66. The first-order chi connectivity index (χ1) is 8.63. The molecule has 0 saturated carbocycles. The molecule has 5 heteroatoms. The van der Waals surface area contributed by atoms with E-state index in [4.69, 9.17) is 14.2 Å². The van der Waals surface area contributed by atoms with E-state index in [1.54, 1.807) is 0 Å². The van der Waals surface area contributed by atoms with Crippen LogP contribution in [0, 0.1) is 0 Å². The summed E-state index contributed by atoms with van der Waals surface area (Å²) in [6.45, 7) is 5.66. The predicted molar refractivity (Wildman–Crippen MR) is 68.5 cm³/mol. The van der Waals surface area contributed by atoms with Crippen molar-refractivity contribution in [3.8, 4) is 0 Å². The van der Waals surface area contributed by atoms with Crippen LogP contribution in [-0.4, -0.2) is 51.1 Å². The van der Waals surface area contributed by atoms with Crippen molar-refractivity contribution >= 4 is 5.97 Å². The Bertz CT molecular complexity index is 239. The van der Waals surface area contributed by atoms with Crippen LogP contribution >= 0.6 is 0 Å². The average Bonchev–Trinajstić information content (AvgIpc) is 2.37. The fourth-order valence-corrected chi connectivity index (χ4v) is 1.99. The molecule has 1 fully saturated rings. The molecule has 2 atom stereocenters. The summed E-state index contributed by atoms with van der Waals surface area (Å²) < 4.78 is 15.9. The molecule has 1 N–H and O–H groups in total. The summed E-state index contributed by atoms with van der Waals surface area (Å²) in [6.07, 6.45) is 3.55. The van der Waals surface area contributed by atoms with Crippen LogP contribution in [-0.2, 0) is 19.0 Å². The maximum atomic E-state index is 11.5. The van der Waals surface area contributed by atoms with Crippen molar-refractivity contribution in [3.05, 3.63) is 0 Å². The van der Waals surface area contributed by atoms with E-state index < -0.39 is 6.04 Å². The van der Waals surface area contributed by atoms with Crippen molar-refractivity contribution in [1.29, 1.82) is 0 Å². The quantitative estimate of drug-likeness (QED) is 0.694. The highest BCUT2D eigenvalue weighted by molar-refractivity contribution is 5.75. The van der Waals surface area contributed by atoms with E-state index in [9.17, 15) is 4.79 Å². The molecule has 0 spiro atoms. The number of nitrogens with one attached hydrogen (secondary N) is 1. The molecule has 1 aliphatic rings. The molecule has 1 saturated heterocycles. The highest BCUT2D eigenvalue weighted by Gasteiger charge is 2.21. The van der Waals surface area contributed by atoms with Gasteiger partial charge in [0, 0.05) is 12.6 Å². The molecule has 0 bridgehead atoms. The SMILES string of the molecule is COC(=O)C(COCC1CCCCO1)NC(C)C. The summed E-state index contributed by atoms with van der Waals surface area (Å²) in [7, 11) is 1.39. The molecular weight excluding hydrogens is 234 g/mol. The second-order valence-electron chi connectivity index (χ2n) is 4.92. The van der Waals surface area contributed by atoms with Crippen LogP contribution in [0.3, 0.4) is 0 Å². The van der Waals surface area contributed by atoms with E-state index in [2.05, 4.69) is 5.32 Å². The molecule has 0 aromatic heterocycles. The number of esters is 1. The van der Waals surface area contributed by atoms with Gasteiger partial charge in [-0.05, 0) is 19.3 Å². The Morgan fingerprint density at radius 2 is 2.22 bits per heavy atom. The molecule has 1 aliphatic heterocycles. The van der Waals surface area contributed by atoms with Gasteiger partial charge >= 0.3 is 5.97 Å². The van der Waals surface area contributed by atoms with Gasteiger partial charge in [0.1, 0.15) is 6.04 Å². The fourth-order valence-electron chi connectivity index (χ4n) is 1.99. The second kappa shape index (κ2) is 8.45. The van der Waals surface area contributed by atoms with Gasteiger partial charge in [0.15, 0.2) is 0 Å². The van der Waals surface area contributed by atoms with Gasteiger partial charge in [-0.25, -0.2) is 0 Å². The molecule has 0 aromatic carbocycles. The van der Waals surface area contributed by atoms with E-state index in [1.807, 2.05) is 13.8 Å². The third-order valence-electron chi connectivity index (χ3n) is 2.88. The standard InChI is InChI=1S/C13H25NO4/c1-10(2)14-12(13(15)16-3)9-17-8-11-6-4-5-7-18-11/h10-12,14H,4-9H2,1-3H3. The lowest BCUT2D eigenvalue weighted by molar-refractivity contribution is -0.145. The fraction of sp³-hybridized carbons (Fsp3) is 0.923. The van der Waals surface area contributed by atoms with Gasteiger partial charge in [-0.2, -0.15) is 0 Å². The predicted octanol–water partition coefficient (Wildman–Crippen LogP) is 1.11. The second-order valence-corrected chi connectivity index (χ2v) is 4.92. The summed E-state index contributed by atoms with van der Waals surface area (Å²) in [5, 5.41) is 3.13. The smallest absolute Gasteiger partial charge is 0.325 e. The number of hydrogen-bond donors (Lipinski definition) is 1. The van der Waals surface area contributed by atoms with Crippen LogP contribution in [0.5, 0.6) is 0 Å². The van der Waals surface area contributed by atoms with Crippen molar-refractivity contribution in [2.24, 2.45) is 0 Å². The largest absolute Gasteiger partial charge is 0.468 e. The summed E-state index contributed by atoms with van der Waals surface area (Å²) in [5.74, 6) is -0.284. The Morgan fingerprint density at radius 1 is 1.44 bits per heavy atom. The number of rotatable bonds is 7. The van der Waals surface area contributed by atoms with Crippen molar-refractivity contribution in [3.63, 3.8) is 0 Å². The average molecular weight is 259 g/mol. The Labute approximate surface area is 109 Å². The Morgan fingerprint density at radius 3 is 2.78 bits per heavy atom. The molecule has 0 aromatic rings. The molecule has 5 nitrogen and oxygen atoms in total. The van der Waals surface area contributed by atoms with E-state index in [0.717, 1.165) is 19.4 Å². The van der Waals surface area contributed by atoms with Crippen molar-refractivity contribution in [2.75, 3.05) is 26.9 Å². The first-order valence-corrected chi connectivity index (χ1v) is 6.66. The van der Waals surface area contributed by atoms with E-state index in [0.29, 0.717) is 13.2 Å². The highest BCUT2D eigenvalue weighted by Crippen LogP contribution is 2.12. The van der Waals surface area contributed by atoms with Gasteiger partial charge in [0.05, 0.1) is 26.4 Å². The van der Waals surface area contributed by atoms with Crippen LogP contribution in [0.15, 0.2) is 0 Å². The van der Waals surface area contributed by atoms with Crippen molar-refractivity contribution in [1.82, 2.24) is 5.32 Å². The normalized spacial score (nSPS) is 21.9. The summed E-state index contributed by atoms with van der Waals surface area (Å²) in [6, 6.07) is -0.192. The topological polar surface area (TPSA) is 56.8 Å². The molecular formula is C13H25NO4. The zero-order valence-corrected chi connectivity index (χ0v) is 11.6. The Kier molecular flexibility index (Phi) is 7.23. The van der Waals surface area contributed by atoms with Gasteiger partial charge in [-0.3, -0.25) is 4.79 Å². The van der Waals surface area contributed by atoms with E-state index in [-0.39, 0.29) is 18.1 Å². The molecule has 106 valence electrons. The van der Waals surface area contributed by atoms with Crippen LogP contribution < -0.4 is 5.32 Å². The third-order valence-corrected chi connectivity index (χ3v) is 2.88. The van der Waals surface area contributed by atoms with Crippen LogP contribution in [0.2, 0.25) is 0 Å². The minimum absolute atomic E-state index is 0.177. The summed E-state index contributed by atoms with van der Waals surface area (Å²) >= 11 is 0. The molecule has 18 heavy (non-hydrogen) atoms. The van der Waals surface area contributed by atoms with Gasteiger partial charge in [0.2, 0.25) is 0 Å². The number of hydrogen-bond acceptors (Lipinski definition) is 5. The van der Waals surface area contributed by atoms with Crippen LogP contribution in [0.25, 0.3) is 0 Å². The van der Waals surface area contributed by atoms with Gasteiger partial charge in [-0.15, -0.1) is 0 Å². The summed E-state index contributed by atoms with van der Waals surface area (Å²) in [4.78, 5) is 11.5. The number of methoxy groups -OCH3 is 1. The third kappa shape index (κ3) is 5.80. The molecule has 1 rings (SSSR count). The Hall–Kier alpha value is -0.650. The highest BCUT2D eigenvalue weighted by atomic mass is 16.5. The lowest BCUT2D eigenvalue weighted by atomic mass is 10.1. The molecule has 0 aliphatic carbocycles. The first kappa shape index (κ1) is 15.4. The van der Waals surface area contributed by atoms with Crippen molar-refractivity contribution < 1.29 is 19.0 Å². The lowest BCUT2D eigenvalue weighted by Crippen LogP contribution is -2.45. The minimum atomic E-state index is -0.404. The zero-order chi connectivity index (χ0) is 13.4. The van der Waals surface area contributed by atoms with Gasteiger partial charge in [-0.1, -0.05) is 13.8 Å². The van der Waals surface area contributed by atoms with E-state index in [1.165, 1.54) is 13.5 Å². The summed E-state index contributed by atoms with van der Waals surface area (Å²) in [5.41, 5.74) is 0. The zero-order valence-electron chi connectivity index (χ0n) is 11.6. The number of ether oxygens (including phenoxy) is 3. The Balaban J connectivity index is 2.25. The van der Waals surface area contributed by atoms with Gasteiger partial charge < -0.3 is 19.5 Å². The monoisotopic (exact) mass is 259 g/mol. The number of carbonyl (C=O) groups excluding carboxylic acids is 1. The van der Waals surface area contributed by atoms with Gasteiger partial charge in [0.25, 0.3) is 0 Å². The molecule has 0 radical (unpaired) electrons. The maximum absolute atomic E-state index is 11.5. The molecule has 0 amide bonds. The molecule has 1 heterocycles. The van der Waals surface area contributed by atoms with Crippen LogP contribution in [0.4, 0.5) is 0 Å². The van der Waals surface area contributed by atoms with E-state index >= 15 is 0 Å².